The van der Waals surface area contributed by atoms with Crippen molar-refractivity contribution in [2.24, 2.45) is 5.41 Å². The van der Waals surface area contributed by atoms with Gasteiger partial charge in [0.05, 0.1) is 30.8 Å². The number of carboxylic acid groups (broad SMARTS) is 1. The summed E-state index contributed by atoms with van der Waals surface area (Å²) in [5, 5.41) is 51.9. The molecule has 0 fully saturated rings. The van der Waals surface area contributed by atoms with E-state index < -0.39 is 30.4 Å². The Morgan fingerprint density at radius 2 is 1.29 bits per heavy atom. The van der Waals surface area contributed by atoms with Gasteiger partial charge in [-0.05, 0) is 37.5 Å². The van der Waals surface area contributed by atoms with Crippen molar-refractivity contribution in [3.05, 3.63) is 0 Å². The zero-order valence-electron chi connectivity index (χ0n) is 21.7. The molecular formula is C26H51NO7. The fourth-order valence-electron chi connectivity index (χ4n) is 4.10. The standard InChI is InChI=1S/C26H51NO7/c1-4-5-9-13-20(28)22(30)18-23(31)21(29)14-10-7-6-8-11-15-24(32)27-17-12-16-26(2,3)19-25(33)34/h20-23,28-31H,4-19H2,1-3H3,(H,27,32)(H,33,34). The monoisotopic (exact) mass is 489 g/mol. The first-order chi connectivity index (χ1) is 16.0. The van der Waals surface area contributed by atoms with E-state index in [0.29, 0.717) is 25.8 Å². The molecule has 0 bridgehead atoms. The number of hydrogen-bond acceptors (Lipinski definition) is 6. The molecule has 6 N–H and O–H groups in total. The molecule has 8 nitrogen and oxygen atoms in total. The number of carbonyl (C=O) groups is 2. The first-order valence-corrected chi connectivity index (χ1v) is 13.2. The Kier molecular flexibility index (Phi) is 18.3. The van der Waals surface area contributed by atoms with Crippen LogP contribution < -0.4 is 5.32 Å². The van der Waals surface area contributed by atoms with E-state index >= 15 is 0 Å². The number of aliphatic hydroxyl groups excluding tert-OH is 4. The van der Waals surface area contributed by atoms with Crippen molar-refractivity contribution < 1.29 is 35.1 Å². The molecular weight excluding hydrogens is 438 g/mol. The van der Waals surface area contributed by atoms with Gasteiger partial charge >= 0.3 is 5.97 Å². The van der Waals surface area contributed by atoms with Crippen LogP contribution in [0.1, 0.15) is 117 Å². The summed E-state index contributed by atoms with van der Waals surface area (Å²) in [7, 11) is 0. The molecule has 0 aliphatic carbocycles. The number of amides is 1. The van der Waals surface area contributed by atoms with Crippen LogP contribution in [-0.2, 0) is 9.59 Å². The number of aliphatic carboxylic acids is 1. The second kappa shape index (κ2) is 19.0. The number of carbonyl (C=O) groups excluding carboxylic acids is 1. The minimum Gasteiger partial charge on any atom is -0.481 e. The highest BCUT2D eigenvalue weighted by Gasteiger charge is 2.24. The van der Waals surface area contributed by atoms with Crippen molar-refractivity contribution in [1.29, 1.82) is 0 Å². The fraction of sp³-hybridized carbons (Fsp3) is 0.923. The normalized spacial score (nSPS) is 15.5. The molecule has 0 aromatic rings. The van der Waals surface area contributed by atoms with Crippen LogP contribution in [0.5, 0.6) is 0 Å². The third kappa shape index (κ3) is 18.2. The second-order valence-corrected chi connectivity index (χ2v) is 10.5. The van der Waals surface area contributed by atoms with Crippen LogP contribution in [0.25, 0.3) is 0 Å². The van der Waals surface area contributed by atoms with Gasteiger partial charge in [-0.2, -0.15) is 0 Å². The van der Waals surface area contributed by atoms with Gasteiger partial charge in [0.1, 0.15) is 0 Å². The predicted octanol–water partition coefficient (Wildman–Crippen LogP) is 3.53. The average Bonchev–Trinajstić information content (AvgIpc) is 2.74. The molecule has 0 aliphatic heterocycles. The van der Waals surface area contributed by atoms with Crippen molar-refractivity contribution >= 4 is 11.9 Å². The minimum atomic E-state index is -1.05. The summed E-state index contributed by atoms with van der Waals surface area (Å²) in [5.74, 6) is -0.781. The zero-order chi connectivity index (χ0) is 26.0. The van der Waals surface area contributed by atoms with Gasteiger partial charge in [-0.25, -0.2) is 0 Å². The summed E-state index contributed by atoms with van der Waals surface area (Å²) in [6, 6.07) is 0. The van der Waals surface area contributed by atoms with Gasteiger partial charge in [-0.3, -0.25) is 9.59 Å². The van der Waals surface area contributed by atoms with E-state index in [4.69, 9.17) is 5.11 Å². The molecule has 0 spiro atoms. The van der Waals surface area contributed by atoms with Crippen molar-refractivity contribution in [3.63, 3.8) is 0 Å². The van der Waals surface area contributed by atoms with Crippen molar-refractivity contribution in [1.82, 2.24) is 5.32 Å². The van der Waals surface area contributed by atoms with E-state index in [1.807, 2.05) is 13.8 Å². The maximum Gasteiger partial charge on any atom is 0.303 e. The van der Waals surface area contributed by atoms with E-state index in [-0.39, 0.29) is 24.2 Å². The SMILES string of the molecule is CCCCCC(O)C(O)CC(O)C(O)CCCCCCCC(=O)NCCCC(C)(C)CC(=O)O. The highest BCUT2D eigenvalue weighted by Crippen LogP contribution is 2.26. The number of unbranched alkanes of at least 4 members (excludes halogenated alkanes) is 6. The van der Waals surface area contributed by atoms with Crippen LogP contribution in [0.4, 0.5) is 0 Å². The smallest absolute Gasteiger partial charge is 0.303 e. The number of rotatable bonds is 22. The molecule has 0 saturated carbocycles. The number of nitrogens with one attached hydrogen (secondary N) is 1. The zero-order valence-corrected chi connectivity index (χ0v) is 21.7. The van der Waals surface area contributed by atoms with Gasteiger partial charge in [0, 0.05) is 19.4 Å². The molecule has 8 heteroatoms. The van der Waals surface area contributed by atoms with Crippen LogP contribution >= 0.6 is 0 Å². The topological polar surface area (TPSA) is 147 Å². The molecule has 4 atom stereocenters. The molecule has 0 heterocycles. The summed E-state index contributed by atoms with van der Waals surface area (Å²) >= 11 is 0. The van der Waals surface area contributed by atoms with Gasteiger partial charge in [0.25, 0.3) is 0 Å². The lowest BCUT2D eigenvalue weighted by atomic mass is 9.84. The predicted molar refractivity (Wildman–Crippen MR) is 133 cm³/mol. The summed E-state index contributed by atoms with van der Waals surface area (Å²) < 4.78 is 0. The van der Waals surface area contributed by atoms with E-state index in [2.05, 4.69) is 12.2 Å². The van der Waals surface area contributed by atoms with Gasteiger partial charge in [-0.1, -0.05) is 65.7 Å². The van der Waals surface area contributed by atoms with E-state index in [1.165, 1.54) is 0 Å². The van der Waals surface area contributed by atoms with Crippen molar-refractivity contribution in [3.8, 4) is 0 Å². The molecule has 4 unspecified atom stereocenters. The Morgan fingerprint density at radius 3 is 1.85 bits per heavy atom. The first kappa shape index (κ1) is 32.8. The molecule has 34 heavy (non-hydrogen) atoms. The summed E-state index contributed by atoms with van der Waals surface area (Å²) in [4.78, 5) is 22.7. The molecule has 1 amide bonds. The van der Waals surface area contributed by atoms with Gasteiger partial charge in [0.15, 0.2) is 0 Å². The molecule has 0 aromatic carbocycles. The van der Waals surface area contributed by atoms with Crippen LogP contribution in [0.2, 0.25) is 0 Å². The average molecular weight is 490 g/mol. The Morgan fingerprint density at radius 1 is 0.765 bits per heavy atom. The molecule has 202 valence electrons. The largest absolute Gasteiger partial charge is 0.481 e. The lowest BCUT2D eigenvalue weighted by Crippen LogP contribution is -2.35. The Hall–Kier alpha value is -1.22. The van der Waals surface area contributed by atoms with E-state index in [9.17, 15) is 30.0 Å². The van der Waals surface area contributed by atoms with Gasteiger partial charge in [0.2, 0.25) is 5.91 Å². The Bertz CT molecular complexity index is 541. The van der Waals surface area contributed by atoms with Crippen LogP contribution in [0, 0.1) is 5.41 Å². The van der Waals surface area contributed by atoms with Crippen molar-refractivity contribution in [2.75, 3.05) is 6.54 Å². The Balaban J connectivity index is 3.75. The van der Waals surface area contributed by atoms with E-state index in [1.54, 1.807) is 0 Å². The number of carboxylic acids is 1. The summed E-state index contributed by atoms with van der Waals surface area (Å²) in [6.07, 6.45) is 6.34. The maximum atomic E-state index is 11.9. The lowest BCUT2D eigenvalue weighted by Gasteiger charge is -2.23. The van der Waals surface area contributed by atoms with E-state index in [0.717, 1.165) is 64.2 Å². The Labute approximate surface area is 206 Å². The fourth-order valence-corrected chi connectivity index (χ4v) is 4.10. The minimum absolute atomic E-state index is 0.0185. The quantitative estimate of drug-likeness (QED) is 0.127. The molecule has 0 rings (SSSR count). The lowest BCUT2D eigenvalue weighted by molar-refractivity contribution is -0.139. The third-order valence-electron chi connectivity index (χ3n) is 6.36. The second-order valence-electron chi connectivity index (χ2n) is 10.5. The maximum absolute atomic E-state index is 11.9. The number of hydrogen-bond donors (Lipinski definition) is 6. The highest BCUT2D eigenvalue weighted by molar-refractivity contribution is 5.75. The third-order valence-corrected chi connectivity index (χ3v) is 6.36. The van der Waals surface area contributed by atoms with Crippen LogP contribution in [-0.4, -0.2) is 68.4 Å². The van der Waals surface area contributed by atoms with Gasteiger partial charge < -0.3 is 30.8 Å². The summed E-state index contributed by atoms with van der Waals surface area (Å²) in [5.41, 5.74) is -0.268. The first-order valence-electron chi connectivity index (χ1n) is 13.2. The summed E-state index contributed by atoms with van der Waals surface area (Å²) in [6.45, 7) is 6.47. The molecule has 0 aliphatic rings. The number of aliphatic hydroxyl groups is 4. The van der Waals surface area contributed by atoms with Crippen LogP contribution in [0.15, 0.2) is 0 Å². The highest BCUT2D eigenvalue weighted by atomic mass is 16.4. The van der Waals surface area contributed by atoms with Crippen LogP contribution in [0.3, 0.4) is 0 Å². The van der Waals surface area contributed by atoms with Gasteiger partial charge in [-0.15, -0.1) is 0 Å². The molecule has 0 saturated heterocycles. The molecule has 0 aromatic heterocycles. The molecule has 0 radical (unpaired) electrons. The van der Waals surface area contributed by atoms with Crippen molar-refractivity contribution in [2.45, 2.75) is 141 Å².